The van der Waals surface area contributed by atoms with Gasteiger partial charge in [-0.25, -0.2) is 4.39 Å². The number of benzene rings is 1. The third kappa shape index (κ3) is 2.66. The minimum Gasteiger partial charge on any atom is -0.315 e. The third-order valence-electron chi connectivity index (χ3n) is 3.52. The summed E-state index contributed by atoms with van der Waals surface area (Å²) in [4.78, 5) is 0. The van der Waals surface area contributed by atoms with Crippen LogP contribution in [0.5, 0.6) is 0 Å². The minimum absolute atomic E-state index is 0.0657. The highest BCUT2D eigenvalue weighted by Gasteiger charge is 2.23. The van der Waals surface area contributed by atoms with Gasteiger partial charge in [0.15, 0.2) is 6.80 Å². The van der Waals surface area contributed by atoms with Crippen LogP contribution in [0.25, 0.3) is 10.9 Å². The third-order valence-corrected chi connectivity index (χ3v) is 3.75. The van der Waals surface area contributed by atoms with E-state index in [0.717, 1.165) is 16.6 Å². The monoisotopic (exact) mass is 279 g/mol. The van der Waals surface area contributed by atoms with E-state index >= 15 is 0 Å². The second-order valence-corrected chi connectivity index (χ2v) is 7.78. The second-order valence-electron chi connectivity index (χ2n) is 6.66. The van der Waals surface area contributed by atoms with Crippen LogP contribution < -0.4 is 0 Å². The molecular weight excluding hydrogens is 257 g/mol. The van der Waals surface area contributed by atoms with Gasteiger partial charge in [-0.2, -0.15) is 12.6 Å². The molecule has 19 heavy (non-hydrogen) atoms. The molecule has 0 N–H and O–H groups in total. The Morgan fingerprint density at radius 2 is 1.74 bits per heavy atom. The molecule has 0 atom stereocenters. The molecule has 0 radical (unpaired) electrons. The SMILES string of the molecule is CC(C)(C)c1ccc2cc(C(C)(C)S)n(CF)c2c1. The molecule has 0 fully saturated rings. The molecule has 0 aliphatic rings. The van der Waals surface area contributed by atoms with Crippen LogP contribution in [0.4, 0.5) is 4.39 Å². The van der Waals surface area contributed by atoms with Gasteiger partial charge < -0.3 is 4.57 Å². The summed E-state index contributed by atoms with van der Waals surface area (Å²) in [5, 5.41) is 1.07. The van der Waals surface area contributed by atoms with Crippen LogP contribution in [0.15, 0.2) is 24.3 Å². The zero-order valence-corrected chi connectivity index (χ0v) is 13.2. The normalized spacial score (nSPS) is 13.2. The highest BCUT2D eigenvalue weighted by Crippen LogP contribution is 2.34. The zero-order chi connectivity index (χ0) is 14.4. The standard InChI is InChI=1S/C16H22FNS/c1-15(2,3)12-7-6-11-8-14(16(4,5)19)18(10-17)13(11)9-12/h6-9,19H,10H2,1-5H3. The van der Waals surface area contributed by atoms with E-state index in [2.05, 4.69) is 51.6 Å². The van der Waals surface area contributed by atoms with E-state index in [0.29, 0.717) is 0 Å². The molecule has 0 saturated carbocycles. The van der Waals surface area contributed by atoms with Crippen LogP contribution in [-0.4, -0.2) is 4.57 Å². The summed E-state index contributed by atoms with van der Waals surface area (Å²) in [6, 6.07) is 8.33. The molecule has 0 amide bonds. The Kier molecular flexibility index (Phi) is 3.46. The fourth-order valence-corrected chi connectivity index (χ4v) is 2.54. The van der Waals surface area contributed by atoms with Crippen LogP contribution in [0, 0.1) is 0 Å². The van der Waals surface area contributed by atoms with Gasteiger partial charge in [-0.15, -0.1) is 0 Å². The van der Waals surface area contributed by atoms with E-state index in [9.17, 15) is 4.39 Å². The molecule has 2 aromatic rings. The highest BCUT2D eigenvalue weighted by atomic mass is 32.1. The Bertz CT molecular complexity index is 599. The summed E-state index contributed by atoms with van der Waals surface area (Å²) in [7, 11) is 0. The fraction of sp³-hybridized carbons (Fsp3) is 0.500. The summed E-state index contributed by atoms with van der Waals surface area (Å²) in [6.45, 7) is 9.96. The maximum absolute atomic E-state index is 13.4. The van der Waals surface area contributed by atoms with Crippen molar-refractivity contribution >= 4 is 23.5 Å². The largest absolute Gasteiger partial charge is 0.315 e. The molecule has 0 aliphatic heterocycles. The number of nitrogens with zero attached hydrogens (tertiary/aromatic N) is 1. The van der Waals surface area contributed by atoms with Crippen molar-refractivity contribution in [1.29, 1.82) is 0 Å². The van der Waals surface area contributed by atoms with Gasteiger partial charge in [0, 0.05) is 15.8 Å². The van der Waals surface area contributed by atoms with Crippen molar-refractivity contribution in [2.24, 2.45) is 0 Å². The van der Waals surface area contributed by atoms with E-state index < -0.39 is 6.80 Å². The molecule has 0 unspecified atom stereocenters. The van der Waals surface area contributed by atoms with E-state index in [1.54, 1.807) is 4.57 Å². The molecule has 0 aliphatic carbocycles. The van der Waals surface area contributed by atoms with Gasteiger partial charge in [0.05, 0.1) is 5.52 Å². The van der Waals surface area contributed by atoms with E-state index in [-0.39, 0.29) is 10.2 Å². The molecule has 0 spiro atoms. The van der Waals surface area contributed by atoms with E-state index in [4.69, 9.17) is 0 Å². The predicted molar refractivity (Wildman–Crippen MR) is 83.8 cm³/mol. The first-order valence-electron chi connectivity index (χ1n) is 6.57. The van der Waals surface area contributed by atoms with Crippen molar-refractivity contribution < 1.29 is 4.39 Å². The van der Waals surface area contributed by atoms with Gasteiger partial charge in [-0.3, -0.25) is 0 Å². The number of fused-ring (bicyclic) bond motifs is 1. The summed E-state index contributed by atoms with van der Waals surface area (Å²) < 4.78 is 14.8. The smallest absolute Gasteiger partial charge is 0.165 e. The summed E-state index contributed by atoms with van der Waals surface area (Å²) in [5.41, 5.74) is 3.15. The van der Waals surface area contributed by atoms with Crippen molar-refractivity contribution in [3.8, 4) is 0 Å². The van der Waals surface area contributed by atoms with Crippen molar-refractivity contribution in [3.63, 3.8) is 0 Å². The summed E-state index contributed by atoms with van der Waals surface area (Å²) in [6.07, 6.45) is 0. The van der Waals surface area contributed by atoms with E-state index in [1.807, 2.05) is 19.9 Å². The first-order chi connectivity index (χ1) is 8.64. The quantitative estimate of drug-likeness (QED) is 0.736. The average molecular weight is 279 g/mol. The average Bonchev–Trinajstić information content (AvgIpc) is 2.64. The van der Waals surface area contributed by atoms with Gasteiger partial charge in [0.2, 0.25) is 0 Å². The Balaban J connectivity index is 2.72. The van der Waals surface area contributed by atoms with Crippen molar-refractivity contribution in [3.05, 3.63) is 35.5 Å². The lowest BCUT2D eigenvalue weighted by molar-refractivity contribution is 0.372. The van der Waals surface area contributed by atoms with Gasteiger partial charge in [0.1, 0.15) is 0 Å². The van der Waals surface area contributed by atoms with Crippen LogP contribution in [0.1, 0.15) is 45.9 Å². The van der Waals surface area contributed by atoms with Crippen LogP contribution >= 0.6 is 12.6 Å². The maximum Gasteiger partial charge on any atom is 0.165 e. The Morgan fingerprint density at radius 1 is 1.11 bits per heavy atom. The number of halogens is 1. The van der Waals surface area contributed by atoms with E-state index in [1.165, 1.54) is 5.56 Å². The van der Waals surface area contributed by atoms with Crippen LogP contribution in [0.2, 0.25) is 0 Å². The lowest BCUT2D eigenvalue weighted by Crippen LogP contribution is -2.14. The summed E-state index contributed by atoms with van der Waals surface area (Å²) >= 11 is 4.57. The number of hydrogen-bond donors (Lipinski definition) is 1. The minimum atomic E-state index is -0.517. The zero-order valence-electron chi connectivity index (χ0n) is 12.3. The number of rotatable bonds is 2. The predicted octanol–water partition coefficient (Wildman–Crippen LogP) is 5.03. The maximum atomic E-state index is 13.4. The molecular formula is C16H22FNS. The molecule has 1 aromatic carbocycles. The Morgan fingerprint density at radius 3 is 2.21 bits per heavy atom. The number of alkyl halides is 1. The fourth-order valence-electron chi connectivity index (χ4n) is 2.36. The van der Waals surface area contributed by atoms with Gasteiger partial charge in [-0.1, -0.05) is 32.9 Å². The van der Waals surface area contributed by atoms with Gasteiger partial charge in [0.25, 0.3) is 0 Å². The van der Waals surface area contributed by atoms with Crippen molar-refractivity contribution in [2.45, 2.75) is 51.6 Å². The molecule has 0 saturated heterocycles. The van der Waals surface area contributed by atoms with Crippen molar-refractivity contribution in [2.75, 3.05) is 0 Å². The number of hydrogen-bond acceptors (Lipinski definition) is 1. The molecule has 0 bridgehead atoms. The second kappa shape index (κ2) is 4.55. The highest BCUT2D eigenvalue weighted by molar-refractivity contribution is 7.81. The number of aromatic nitrogens is 1. The molecule has 3 heteroatoms. The Hall–Kier alpha value is -0.960. The first-order valence-corrected chi connectivity index (χ1v) is 7.02. The first kappa shape index (κ1) is 14.4. The number of thiol groups is 1. The molecule has 1 heterocycles. The lowest BCUT2D eigenvalue weighted by Gasteiger charge is -2.21. The molecule has 1 aromatic heterocycles. The molecule has 1 nitrogen and oxygen atoms in total. The molecule has 2 rings (SSSR count). The van der Waals surface area contributed by atoms with Crippen LogP contribution in [-0.2, 0) is 17.0 Å². The van der Waals surface area contributed by atoms with Crippen LogP contribution in [0.3, 0.4) is 0 Å². The Labute approximate surface area is 120 Å². The molecule has 104 valence electrons. The van der Waals surface area contributed by atoms with Gasteiger partial charge in [-0.05, 0) is 37.0 Å². The summed E-state index contributed by atoms with van der Waals surface area (Å²) in [5.74, 6) is 0. The van der Waals surface area contributed by atoms with Crippen molar-refractivity contribution in [1.82, 2.24) is 4.57 Å². The van der Waals surface area contributed by atoms with Gasteiger partial charge >= 0.3 is 0 Å². The lowest BCUT2D eigenvalue weighted by atomic mass is 9.87. The topological polar surface area (TPSA) is 4.93 Å².